The molecule has 0 fully saturated rings. The Morgan fingerprint density at radius 1 is 1.27 bits per heavy atom. The van der Waals surface area contributed by atoms with E-state index in [1.165, 1.54) is 7.11 Å². The molecule has 0 aliphatic rings. The van der Waals surface area contributed by atoms with Gasteiger partial charge in [0.2, 0.25) is 0 Å². The summed E-state index contributed by atoms with van der Waals surface area (Å²) >= 11 is 0. The Balaban J connectivity index is 1.91. The molecule has 0 aliphatic carbocycles. The van der Waals surface area contributed by atoms with Crippen molar-refractivity contribution in [3.8, 4) is 0 Å². The molecule has 0 radical (unpaired) electrons. The van der Waals surface area contributed by atoms with Gasteiger partial charge in [-0.3, -0.25) is 9.78 Å². The van der Waals surface area contributed by atoms with Crippen LogP contribution in [0.1, 0.15) is 23.0 Å². The van der Waals surface area contributed by atoms with Gasteiger partial charge in [0.25, 0.3) is 0 Å². The van der Waals surface area contributed by atoms with E-state index in [0.29, 0.717) is 16.9 Å². The minimum Gasteiger partial charge on any atom is -0.469 e. The van der Waals surface area contributed by atoms with Crippen LogP contribution in [0, 0.1) is 0 Å². The third-order valence-corrected chi connectivity index (χ3v) is 3.47. The molecule has 1 atom stereocenters. The van der Waals surface area contributed by atoms with Crippen LogP contribution < -0.4 is 0 Å². The van der Waals surface area contributed by atoms with Crippen molar-refractivity contribution < 1.29 is 19.1 Å². The van der Waals surface area contributed by atoms with Crippen LogP contribution in [0.3, 0.4) is 0 Å². The van der Waals surface area contributed by atoms with Gasteiger partial charge in [-0.25, -0.2) is 0 Å². The topological polar surface area (TPSA) is 72.6 Å². The third-order valence-electron chi connectivity index (χ3n) is 3.47. The average molecular weight is 297 g/mol. The minimum atomic E-state index is -0.848. The first-order valence-corrected chi connectivity index (χ1v) is 6.84. The Hall–Kier alpha value is -2.66. The number of ether oxygens (including phenoxy) is 1. The number of esters is 1. The van der Waals surface area contributed by atoms with E-state index in [9.17, 15) is 9.90 Å². The Kier molecular flexibility index (Phi) is 3.89. The maximum atomic E-state index is 11.3. The van der Waals surface area contributed by atoms with E-state index in [0.717, 1.165) is 10.9 Å². The number of aliphatic hydroxyl groups is 1. The van der Waals surface area contributed by atoms with Gasteiger partial charge in [0.1, 0.15) is 17.4 Å². The number of furan rings is 1. The second-order valence-corrected chi connectivity index (χ2v) is 4.96. The fourth-order valence-corrected chi connectivity index (χ4v) is 2.31. The standard InChI is InChI=1S/C17H15NO4/c1-21-16(19)9-11-2-3-14-13(8-11)10-15(22-14)17(20)12-4-6-18-7-5-12/h2-8,10,17,20H,9H2,1H3. The molecule has 22 heavy (non-hydrogen) atoms. The maximum Gasteiger partial charge on any atom is 0.309 e. The third kappa shape index (κ3) is 2.84. The Morgan fingerprint density at radius 2 is 2.05 bits per heavy atom. The Bertz CT molecular complexity index is 795. The minimum absolute atomic E-state index is 0.208. The summed E-state index contributed by atoms with van der Waals surface area (Å²) in [5, 5.41) is 11.2. The highest BCUT2D eigenvalue weighted by molar-refractivity contribution is 5.81. The number of aromatic nitrogens is 1. The highest BCUT2D eigenvalue weighted by Crippen LogP contribution is 2.28. The fraction of sp³-hybridized carbons (Fsp3) is 0.176. The molecular formula is C17H15NO4. The van der Waals surface area contributed by atoms with Crippen LogP contribution in [-0.4, -0.2) is 23.2 Å². The second kappa shape index (κ2) is 5.99. The molecule has 3 rings (SSSR count). The van der Waals surface area contributed by atoms with Crippen molar-refractivity contribution in [2.45, 2.75) is 12.5 Å². The molecule has 1 aromatic carbocycles. The van der Waals surface area contributed by atoms with Crippen LogP contribution in [-0.2, 0) is 16.0 Å². The van der Waals surface area contributed by atoms with Crippen LogP contribution in [0.4, 0.5) is 0 Å². The lowest BCUT2D eigenvalue weighted by Crippen LogP contribution is -2.03. The highest BCUT2D eigenvalue weighted by Gasteiger charge is 2.16. The summed E-state index contributed by atoms with van der Waals surface area (Å²) in [7, 11) is 1.36. The van der Waals surface area contributed by atoms with E-state index >= 15 is 0 Å². The van der Waals surface area contributed by atoms with Crippen molar-refractivity contribution in [2.75, 3.05) is 7.11 Å². The van der Waals surface area contributed by atoms with Crippen molar-refractivity contribution in [3.63, 3.8) is 0 Å². The van der Waals surface area contributed by atoms with Gasteiger partial charge in [-0.2, -0.15) is 0 Å². The smallest absolute Gasteiger partial charge is 0.309 e. The Morgan fingerprint density at radius 3 is 2.77 bits per heavy atom. The number of pyridine rings is 1. The number of rotatable bonds is 4. The van der Waals surface area contributed by atoms with Gasteiger partial charge in [0.05, 0.1) is 13.5 Å². The van der Waals surface area contributed by atoms with Gasteiger partial charge in [0, 0.05) is 17.8 Å². The summed E-state index contributed by atoms with van der Waals surface area (Å²) < 4.78 is 10.3. The van der Waals surface area contributed by atoms with Crippen molar-refractivity contribution in [2.24, 2.45) is 0 Å². The van der Waals surface area contributed by atoms with E-state index in [2.05, 4.69) is 9.72 Å². The average Bonchev–Trinajstić information content (AvgIpc) is 2.98. The summed E-state index contributed by atoms with van der Waals surface area (Å²) in [5.74, 6) is 0.163. The molecule has 2 heterocycles. The van der Waals surface area contributed by atoms with Crippen molar-refractivity contribution in [1.82, 2.24) is 4.98 Å². The first kappa shape index (κ1) is 14.3. The molecule has 0 bridgehead atoms. The SMILES string of the molecule is COC(=O)Cc1ccc2oc(C(O)c3ccncc3)cc2c1. The molecule has 112 valence electrons. The number of benzene rings is 1. The van der Waals surface area contributed by atoms with Gasteiger partial charge >= 0.3 is 5.97 Å². The van der Waals surface area contributed by atoms with Crippen molar-refractivity contribution in [3.05, 3.63) is 65.7 Å². The number of hydrogen-bond acceptors (Lipinski definition) is 5. The summed E-state index contributed by atoms with van der Waals surface area (Å²) in [5.41, 5.74) is 2.21. The van der Waals surface area contributed by atoms with E-state index in [1.54, 1.807) is 36.7 Å². The zero-order chi connectivity index (χ0) is 15.5. The second-order valence-electron chi connectivity index (χ2n) is 4.96. The predicted octanol–water partition coefficient (Wildman–Crippen LogP) is 2.63. The molecule has 5 heteroatoms. The lowest BCUT2D eigenvalue weighted by atomic mass is 10.1. The first-order chi connectivity index (χ1) is 10.7. The van der Waals surface area contributed by atoms with Gasteiger partial charge in [0.15, 0.2) is 0 Å². The number of nitrogens with zero attached hydrogens (tertiary/aromatic N) is 1. The van der Waals surface area contributed by atoms with E-state index in [4.69, 9.17) is 4.42 Å². The molecule has 0 spiro atoms. The summed E-state index contributed by atoms with van der Waals surface area (Å²) in [6.07, 6.45) is 2.60. The largest absolute Gasteiger partial charge is 0.469 e. The summed E-state index contributed by atoms with van der Waals surface area (Å²) in [4.78, 5) is 15.3. The maximum absolute atomic E-state index is 11.3. The zero-order valence-corrected chi connectivity index (χ0v) is 12.0. The summed E-state index contributed by atoms with van der Waals surface area (Å²) in [6.45, 7) is 0. The van der Waals surface area contributed by atoms with Gasteiger partial charge in [-0.15, -0.1) is 0 Å². The van der Waals surface area contributed by atoms with Crippen LogP contribution in [0.2, 0.25) is 0 Å². The number of hydrogen-bond donors (Lipinski definition) is 1. The van der Waals surface area contributed by atoms with Gasteiger partial charge in [-0.05, 0) is 41.5 Å². The number of methoxy groups -OCH3 is 1. The van der Waals surface area contributed by atoms with Crippen LogP contribution in [0.15, 0.2) is 53.2 Å². The van der Waals surface area contributed by atoms with E-state index in [1.807, 2.05) is 12.1 Å². The lowest BCUT2D eigenvalue weighted by molar-refractivity contribution is -0.139. The molecule has 0 amide bonds. The van der Waals surface area contributed by atoms with Crippen molar-refractivity contribution in [1.29, 1.82) is 0 Å². The molecule has 5 nitrogen and oxygen atoms in total. The molecular weight excluding hydrogens is 282 g/mol. The first-order valence-electron chi connectivity index (χ1n) is 6.84. The quantitative estimate of drug-likeness (QED) is 0.749. The summed E-state index contributed by atoms with van der Waals surface area (Å²) in [6, 6.07) is 10.7. The molecule has 1 unspecified atom stereocenters. The molecule has 3 aromatic rings. The molecule has 0 saturated heterocycles. The highest BCUT2D eigenvalue weighted by atomic mass is 16.5. The monoisotopic (exact) mass is 297 g/mol. The predicted molar refractivity (Wildman–Crippen MR) is 80.2 cm³/mol. The Labute approximate surface area is 127 Å². The molecule has 1 N–H and O–H groups in total. The normalized spacial score (nSPS) is 12.3. The number of carbonyl (C=O) groups is 1. The number of carbonyl (C=O) groups excluding carboxylic acids is 1. The van der Waals surface area contributed by atoms with Crippen molar-refractivity contribution >= 4 is 16.9 Å². The van der Waals surface area contributed by atoms with Gasteiger partial charge in [-0.1, -0.05) is 6.07 Å². The fourth-order valence-electron chi connectivity index (χ4n) is 2.31. The van der Waals surface area contributed by atoms with Crippen LogP contribution in [0.25, 0.3) is 11.0 Å². The van der Waals surface area contributed by atoms with E-state index < -0.39 is 6.10 Å². The number of fused-ring (bicyclic) bond motifs is 1. The van der Waals surface area contributed by atoms with Gasteiger partial charge < -0.3 is 14.3 Å². The lowest BCUT2D eigenvalue weighted by Gasteiger charge is -2.06. The molecule has 2 aromatic heterocycles. The zero-order valence-electron chi connectivity index (χ0n) is 12.0. The van der Waals surface area contributed by atoms with Crippen LogP contribution >= 0.6 is 0 Å². The van der Waals surface area contributed by atoms with Crippen LogP contribution in [0.5, 0.6) is 0 Å². The molecule has 0 saturated carbocycles. The number of aliphatic hydroxyl groups excluding tert-OH is 1. The van der Waals surface area contributed by atoms with E-state index in [-0.39, 0.29) is 12.4 Å². The molecule has 0 aliphatic heterocycles.